The number of amides is 3. The zero-order valence-electron chi connectivity index (χ0n) is 21.1. The number of aliphatic imine (C=N–C) groups is 1. The van der Waals surface area contributed by atoms with Gasteiger partial charge in [0.05, 0.1) is 17.4 Å². The number of fused-ring (bicyclic) bond motifs is 1. The molecule has 10 nitrogen and oxygen atoms in total. The van der Waals surface area contributed by atoms with Crippen LogP contribution in [0.2, 0.25) is 0 Å². The minimum absolute atomic E-state index is 0.0678. The third-order valence-corrected chi connectivity index (χ3v) is 7.05. The first-order valence-electron chi connectivity index (χ1n) is 11.9. The van der Waals surface area contributed by atoms with E-state index in [9.17, 15) is 24.3 Å². The van der Waals surface area contributed by atoms with Crippen molar-refractivity contribution in [3.8, 4) is 0 Å². The maximum absolute atomic E-state index is 13.9. The number of rotatable bonds is 11. The Labute approximate surface area is 231 Å². The summed E-state index contributed by atoms with van der Waals surface area (Å²) in [5.74, 6) is -2.36. The van der Waals surface area contributed by atoms with Gasteiger partial charge >= 0.3 is 5.97 Å². The molecule has 0 radical (unpaired) electrons. The maximum atomic E-state index is 13.9. The van der Waals surface area contributed by atoms with Crippen molar-refractivity contribution in [1.82, 2.24) is 10.2 Å². The molecule has 2 aromatic rings. The minimum atomic E-state index is -1.32. The van der Waals surface area contributed by atoms with E-state index in [0.717, 1.165) is 4.90 Å². The van der Waals surface area contributed by atoms with Gasteiger partial charge in [-0.2, -0.15) is 24.4 Å². The van der Waals surface area contributed by atoms with Crippen molar-refractivity contribution in [3.63, 3.8) is 0 Å². The molecule has 0 unspecified atom stereocenters. The topological polar surface area (TPSA) is 145 Å². The number of likely N-dealkylation sites (N-methyl/N-ethyl adjacent to an activating group) is 1. The summed E-state index contributed by atoms with van der Waals surface area (Å²) >= 11 is 5.57. The number of carboxylic acids is 1. The predicted octanol–water partition coefficient (Wildman–Crippen LogP) is 1.23. The van der Waals surface area contributed by atoms with E-state index in [-0.39, 0.29) is 12.2 Å². The molecule has 0 bridgehead atoms. The van der Waals surface area contributed by atoms with Crippen LogP contribution in [0.1, 0.15) is 17.5 Å². The first-order chi connectivity index (χ1) is 18.2. The number of benzene rings is 2. The Hall–Kier alpha value is -3.35. The number of hydrogen-bond acceptors (Lipinski definition) is 8. The van der Waals surface area contributed by atoms with E-state index in [4.69, 9.17) is 10.7 Å². The molecule has 38 heavy (non-hydrogen) atoms. The minimum Gasteiger partial charge on any atom is -0.480 e. The van der Waals surface area contributed by atoms with E-state index < -0.39 is 48.5 Å². The quantitative estimate of drug-likeness (QED) is 0.304. The van der Waals surface area contributed by atoms with Gasteiger partial charge in [-0.15, -0.1) is 0 Å². The highest BCUT2D eigenvalue weighted by Crippen LogP contribution is 2.29. The zero-order chi connectivity index (χ0) is 27.8. The van der Waals surface area contributed by atoms with Gasteiger partial charge in [-0.05, 0) is 24.5 Å². The van der Waals surface area contributed by atoms with Gasteiger partial charge in [0, 0.05) is 23.9 Å². The van der Waals surface area contributed by atoms with Crippen LogP contribution in [0.15, 0.2) is 59.6 Å². The van der Waals surface area contributed by atoms with Crippen molar-refractivity contribution in [2.24, 2.45) is 10.7 Å². The van der Waals surface area contributed by atoms with Crippen LogP contribution < -0.4 is 16.0 Å². The third-order valence-electron chi connectivity index (χ3n) is 6.01. The van der Waals surface area contributed by atoms with E-state index in [1.807, 2.05) is 36.6 Å². The summed E-state index contributed by atoms with van der Waals surface area (Å²) in [6.07, 6.45) is 0.751. The van der Waals surface area contributed by atoms with Crippen LogP contribution in [-0.4, -0.2) is 89.0 Å². The van der Waals surface area contributed by atoms with Gasteiger partial charge in [-0.3, -0.25) is 19.3 Å². The first kappa shape index (κ1) is 29.2. The van der Waals surface area contributed by atoms with Gasteiger partial charge in [-0.25, -0.2) is 9.79 Å². The highest BCUT2D eigenvalue weighted by molar-refractivity contribution is 7.98. The fourth-order valence-corrected chi connectivity index (χ4v) is 4.62. The van der Waals surface area contributed by atoms with Crippen LogP contribution in [0.3, 0.4) is 0 Å². The number of nitrogens with one attached hydrogen (secondary N) is 1. The highest BCUT2D eigenvalue weighted by Gasteiger charge is 2.38. The monoisotopic (exact) mass is 557 g/mol. The molecular weight excluding hydrogens is 526 g/mol. The molecule has 2 aromatic carbocycles. The van der Waals surface area contributed by atoms with Crippen LogP contribution in [0.5, 0.6) is 0 Å². The molecule has 3 atom stereocenters. The van der Waals surface area contributed by atoms with E-state index >= 15 is 0 Å². The number of carbonyl (C=O) groups excluding carboxylic acids is 3. The van der Waals surface area contributed by atoms with Gasteiger partial charge in [0.2, 0.25) is 18.0 Å². The fourth-order valence-electron chi connectivity index (χ4n) is 3.99. The number of para-hydroxylation sites is 1. The Morgan fingerprint density at radius 2 is 1.84 bits per heavy atom. The first-order valence-corrected chi connectivity index (χ1v) is 13.9. The number of thiol groups is 1. The number of carbonyl (C=O) groups is 4. The summed E-state index contributed by atoms with van der Waals surface area (Å²) in [5.41, 5.74) is 8.08. The smallest absolute Gasteiger partial charge is 0.326 e. The van der Waals surface area contributed by atoms with E-state index in [1.54, 1.807) is 24.3 Å². The Bertz CT molecular complexity index is 1210. The standard InChI is InChI=1S/C26H31N5O5S2/c1-30(24(33)18(27)15-37)23-25(34)31(14-21(32)28-19(26(35)36)12-13-38-2)20-11-7-6-10-17(20)22(29-23)16-8-4-3-5-9-16/h3-11,18-19,23,37H,12-15,27H2,1-2H3,(H,28,32)(H,35,36)/t18-,19+,23-/m0/s1. The molecular formula is C26H31N5O5S2. The number of carboxylic acid groups (broad SMARTS) is 1. The average Bonchev–Trinajstić information content (AvgIpc) is 3.04. The average molecular weight is 558 g/mol. The SMILES string of the molecule is CSCC[C@@H](NC(=O)CN1C(=O)[C@H](N(C)C(=O)[C@@H](N)CS)N=C(c2ccccc2)c2ccccc21)C(=O)O. The maximum Gasteiger partial charge on any atom is 0.326 e. The number of thioether (sulfide) groups is 1. The van der Waals surface area contributed by atoms with Crippen molar-refractivity contribution < 1.29 is 24.3 Å². The lowest BCUT2D eigenvalue weighted by atomic mass is 10.0. The van der Waals surface area contributed by atoms with E-state index in [1.165, 1.54) is 23.7 Å². The van der Waals surface area contributed by atoms with Gasteiger partial charge in [0.15, 0.2) is 0 Å². The Morgan fingerprint density at radius 3 is 2.47 bits per heavy atom. The van der Waals surface area contributed by atoms with Gasteiger partial charge in [0.25, 0.3) is 5.91 Å². The summed E-state index contributed by atoms with van der Waals surface area (Å²) in [6, 6.07) is 14.1. The summed E-state index contributed by atoms with van der Waals surface area (Å²) in [5, 5.41) is 12.1. The summed E-state index contributed by atoms with van der Waals surface area (Å²) in [4.78, 5) is 58.7. The molecule has 4 N–H and O–H groups in total. The lowest BCUT2D eigenvalue weighted by molar-refractivity contribution is -0.142. The number of nitrogens with zero attached hydrogens (tertiary/aromatic N) is 3. The molecule has 0 aromatic heterocycles. The van der Waals surface area contributed by atoms with Crippen LogP contribution in [0.25, 0.3) is 0 Å². The number of anilines is 1. The molecule has 1 heterocycles. The Kier molecular flexibility index (Phi) is 10.3. The van der Waals surface area contributed by atoms with Gasteiger partial charge in [0.1, 0.15) is 12.6 Å². The molecule has 0 saturated heterocycles. The van der Waals surface area contributed by atoms with Crippen LogP contribution in [0.4, 0.5) is 5.69 Å². The molecule has 0 fully saturated rings. The zero-order valence-corrected chi connectivity index (χ0v) is 22.8. The fraction of sp³-hybridized carbons (Fsp3) is 0.346. The third kappa shape index (κ3) is 6.74. The lowest BCUT2D eigenvalue weighted by Crippen LogP contribution is -2.55. The normalized spacial score (nSPS) is 16.5. The van der Waals surface area contributed by atoms with Crippen LogP contribution >= 0.6 is 24.4 Å². The van der Waals surface area contributed by atoms with Gasteiger partial charge < -0.3 is 21.1 Å². The summed E-state index contributed by atoms with van der Waals surface area (Å²) < 4.78 is 0. The van der Waals surface area contributed by atoms with Crippen molar-refractivity contribution in [1.29, 1.82) is 0 Å². The second-order valence-corrected chi connectivity index (χ2v) is 9.99. The number of hydrogen-bond donors (Lipinski definition) is 4. The molecule has 0 saturated carbocycles. The molecule has 0 spiro atoms. The molecule has 3 rings (SSSR count). The highest BCUT2D eigenvalue weighted by atomic mass is 32.2. The molecule has 1 aliphatic rings. The largest absolute Gasteiger partial charge is 0.480 e. The predicted molar refractivity (Wildman–Crippen MR) is 152 cm³/mol. The second-order valence-electron chi connectivity index (χ2n) is 8.64. The van der Waals surface area contributed by atoms with Crippen molar-refractivity contribution in [2.75, 3.05) is 36.3 Å². The van der Waals surface area contributed by atoms with Gasteiger partial charge in [-0.1, -0.05) is 48.5 Å². The number of nitrogens with two attached hydrogens (primary N) is 1. The molecule has 12 heteroatoms. The molecule has 202 valence electrons. The van der Waals surface area contributed by atoms with Crippen molar-refractivity contribution in [3.05, 3.63) is 65.7 Å². The Morgan fingerprint density at radius 1 is 1.18 bits per heavy atom. The summed E-state index contributed by atoms with van der Waals surface area (Å²) in [7, 11) is 1.43. The van der Waals surface area contributed by atoms with Crippen molar-refractivity contribution >= 4 is 59.5 Å². The van der Waals surface area contributed by atoms with E-state index in [0.29, 0.717) is 28.3 Å². The van der Waals surface area contributed by atoms with E-state index in [2.05, 4.69) is 17.9 Å². The number of aliphatic carboxylic acids is 1. The van der Waals surface area contributed by atoms with Crippen molar-refractivity contribution in [2.45, 2.75) is 24.7 Å². The molecule has 0 aliphatic carbocycles. The number of benzodiazepines with no additional fused rings is 1. The lowest BCUT2D eigenvalue weighted by Gasteiger charge is -2.30. The van der Waals surface area contributed by atoms with Crippen LogP contribution in [-0.2, 0) is 19.2 Å². The second kappa shape index (κ2) is 13.4. The molecule has 3 amide bonds. The van der Waals surface area contributed by atoms with Crippen LogP contribution in [0, 0.1) is 0 Å². The molecule has 1 aliphatic heterocycles. The Balaban J connectivity index is 2.07. The summed E-state index contributed by atoms with van der Waals surface area (Å²) in [6.45, 7) is -0.465.